The number of aryl methyl sites for hydroxylation is 1. The normalized spacial score (nSPS) is 15.2. The molecule has 3 rings (SSSR count). The minimum atomic E-state index is 0.662. The third kappa shape index (κ3) is 2.82. The average Bonchev–Trinajstić information content (AvgIpc) is 2.84. The summed E-state index contributed by atoms with van der Waals surface area (Å²) in [5.74, 6) is 0.801. The van der Waals surface area contributed by atoms with E-state index in [1.807, 2.05) is 26.8 Å². The van der Waals surface area contributed by atoms with Gasteiger partial charge in [0.2, 0.25) is 0 Å². The van der Waals surface area contributed by atoms with Crippen molar-refractivity contribution in [2.24, 2.45) is 0 Å². The maximum atomic E-state index is 5.86. The molecule has 0 aromatic carbocycles. The molecule has 1 aliphatic rings. The summed E-state index contributed by atoms with van der Waals surface area (Å²) in [7, 11) is 0. The summed E-state index contributed by atoms with van der Waals surface area (Å²) in [4.78, 5) is 2.14. The molecule has 0 amide bonds. The van der Waals surface area contributed by atoms with Gasteiger partial charge in [0.05, 0.1) is 24.0 Å². The lowest BCUT2D eigenvalue weighted by Gasteiger charge is -2.27. The van der Waals surface area contributed by atoms with Gasteiger partial charge in [0, 0.05) is 24.7 Å². The number of ether oxygens (including phenoxy) is 1. The van der Waals surface area contributed by atoms with Crippen molar-refractivity contribution in [3.8, 4) is 0 Å². The van der Waals surface area contributed by atoms with Gasteiger partial charge in [0.1, 0.15) is 0 Å². The predicted molar refractivity (Wildman–Crippen MR) is 78.4 cm³/mol. The molecule has 0 atom stereocenters. The molecule has 5 heteroatoms. The summed E-state index contributed by atoms with van der Waals surface area (Å²) < 4.78 is 17.3. The van der Waals surface area contributed by atoms with Crippen molar-refractivity contribution in [1.29, 1.82) is 0 Å². The molecule has 0 unspecified atom stereocenters. The number of furan rings is 1. The molecular weight excluding hydrogens is 262 g/mol. The van der Waals surface area contributed by atoms with Crippen LogP contribution in [0, 0.1) is 11.4 Å². The van der Waals surface area contributed by atoms with Crippen molar-refractivity contribution < 1.29 is 13.6 Å². The summed E-state index contributed by atoms with van der Waals surface area (Å²) in [6.45, 7) is 9.07. The van der Waals surface area contributed by atoms with Crippen molar-refractivity contribution in [2.45, 2.75) is 20.8 Å². The van der Waals surface area contributed by atoms with Gasteiger partial charge in [-0.05, 0) is 6.92 Å². The zero-order chi connectivity index (χ0) is 13.8. The SMILES string of the molecule is CC.Cc1coc2c(=S)cc(N3CCOCC3)oc12. The lowest BCUT2D eigenvalue weighted by atomic mass is 10.3. The quantitative estimate of drug-likeness (QED) is 0.741. The Morgan fingerprint density at radius 3 is 2.53 bits per heavy atom. The zero-order valence-corrected chi connectivity index (χ0v) is 12.4. The van der Waals surface area contributed by atoms with E-state index >= 15 is 0 Å². The molecule has 1 saturated heterocycles. The van der Waals surface area contributed by atoms with Crippen LogP contribution in [0.2, 0.25) is 0 Å². The van der Waals surface area contributed by atoms with Gasteiger partial charge in [-0.25, -0.2) is 0 Å². The number of morpholine rings is 1. The Bertz CT molecular complexity index is 596. The van der Waals surface area contributed by atoms with E-state index in [4.69, 9.17) is 25.8 Å². The van der Waals surface area contributed by atoms with E-state index in [9.17, 15) is 0 Å². The third-order valence-electron chi connectivity index (χ3n) is 2.93. The standard InChI is InChI=1S/C12H13NO3S.C2H6/c1-8-7-15-12-9(17)6-10(16-11(8)12)13-2-4-14-5-3-13;1-2/h6-7H,2-5H2,1H3;1-2H3. The fraction of sp³-hybridized carbons (Fsp3) is 0.500. The molecule has 0 saturated carbocycles. The van der Waals surface area contributed by atoms with E-state index in [2.05, 4.69) is 4.90 Å². The van der Waals surface area contributed by atoms with Crippen molar-refractivity contribution in [3.63, 3.8) is 0 Å². The second-order valence-corrected chi connectivity index (χ2v) is 4.57. The highest BCUT2D eigenvalue weighted by Gasteiger charge is 2.16. The number of fused-ring (bicyclic) bond motifs is 1. The minimum absolute atomic E-state index is 0.662. The molecule has 4 nitrogen and oxygen atoms in total. The molecule has 104 valence electrons. The van der Waals surface area contributed by atoms with Crippen molar-refractivity contribution in [2.75, 3.05) is 31.2 Å². The van der Waals surface area contributed by atoms with E-state index in [0.29, 0.717) is 10.1 Å². The first kappa shape index (κ1) is 14.1. The fourth-order valence-electron chi connectivity index (χ4n) is 1.98. The summed E-state index contributed by atoms with van der Waals surface area (Å²) in [5, 5.41) is 0. The van der Waals surface area contributed by atoms with Crippen molar-refractivity contribution in [3.05, 3.63) is 22.4 Å². The van der Waals surface area contributed by atoms with Crippen LogP contribution in [0.1, 0.15) is 19.4 Å². The first-order valence-electron chi connectivity index (χ1n) is 6.60. The topological polar surface area (TPSA) is 38.8 Å². The van der Waals surface area contributed by atoms with Crippen LogP contribution < -0.4 is 4.90 Å². The Morgan fingerprint density at radius 1 is 1.16 bits per heavy atom. The lowest BCUT2D eigenvalue weighted by molar-refractivity contribution is 0.121. The second kappa shape index (κ2) is 6.21. The molecule has 1 aliphatic heterocycles. The van der Waals surface area contributed by atoms with Gasteiger partial charge < -0.3 is 18.5 Å². The summed E-state index contributed by atoms with van der Waals surface area (Å²) >= 11 is 5.31. The van der Waals surface area contributed by atoms with Crippen LogP contribution in [0.15, 0.2) is 21.2 Å². The predicted octanol–water partition coefficient (Wildman–Crippen LogP) is 3.93. The number of anilines is 1. The van der Waals surface area contributed by atoms with E-state index < -0.39 is 0 Å². The first-order valence-corrected chi connectivity index (χ1v) is 7.01. The van der Waals surface area contributed by atoms with E-state index in [1.165, 1.54) is 0 Å². The van der Waals surface area contributed by atoms with Gasteiger partial charge in [-0.1, -0.05) is 26.1 Å². The molecule has 0 N–H and O–H groups in total. The Morgan fingerprint density at radius 2 is 1.84 bits per heavy atom. The minimum Gasteiger partial charge on any atom is -0.459 e. The van der Waals surface area contributed by atoms with Crippen molar-refractivity contribution in [1.82, 2.24) is 0 Å². The van der Waals surface area contributed by atoms with Crippen LogP contribution in [0.5, 0.6) is 0 Å². The largest absolute Gasteiger partial charge is 0.459 e. The summed E-state index contributed by atoms with van der Waals surface area (Å²) in [6, 6.07) is 1.85. The first-order chi connectivity index (χ1) is 9.25. The van der Waals surface area contributed by atoms with Crippen molar-refractivity contribution >= 4 is 29.3 Å². The number of hydrogen-bond acceptors (Lipinski definition) is 5. The van der Waals surface area contributed by atoms with Crippen LogP contribution in [0.3, 0.4) is 0 Å². The van der Waals surface area contributed by atoms with Gasteiger partial charge in [-0.15, -0.1) is 0 Å². The van der Waals surface area contributed by atoms with Gasteiger partial charge in [-0.2, -0.15) is 0 Å². The fourth-order valence-corrected chi connectivity index (χ4v) is 2.22. The number of nitrogens with zero attached hydrogens (tertiary/aromatic N) is 1. The monoisotopic (exact) mass is 281 g/mol. The van der Waals surface area contributed by atoms with Crippen LogP contribution >= 0.6 is 12.2 Å². The van der Waals surface area contributed by atoms with E-state index in [0.717, 1.165) is 43.3 Å². The molecule has 19 heavy (non-hydrogen) atoms. The molecule has 0 spiro atoms. The maximum absolute atomic E-state index is 5.86. The van der Waals surface area contributed by atoms with E-state index in [-0.39, 0.29) is 0 Å². The molecule has 2 aromatic heterocycles. The molecule has 0 bridgehead atoms. The highest BCUT2D eigenvalue weighted by molar-refractivity contribution is 7.71. The third-order valence-corrected chi connectivity index (χ3v) is 3.23. The zero-order valence-electron chi connectivity index (χ0n) is 11.6. The van der Waals surface area contributed by atoms with Gasteiger partial charge in [0.15, 0.2) is 17.1 Å². The molecule has 2 aromatic rings. The van der Waals surface area contributed by atoms with Crippen LogP contribution in [0.4, 0.5) is 5.88 Å². The molecule has 1 fully saturated rings. The highest BCUT2D eigenvalue weighted by atomic mass is 32.1. The van der Waals surface area contributed by atoms with Crippen LogP contribution in [-0.4, -0.2) is 26.3 Å². The number of rotatable bonds is 1. The Labute approximate surface area is 117 Å². The van der Waals surface area contributed by atoms with Crippen LogP contribution in [-0.2, 0) is 4.74 Å². The summed E-state index contributed by atoms with van der Waals surface area (Å²) in [5.41, 5.74) is 2.38. The molecule has 0 radical (unpaired) electrons. The average molecular weight is 281 g/mol. The number of hydrogen-bond donors (Lipinski definition) is 0. The van der Waals surface area contributed by atoms with Gasteiger partial charge in [-0.3, -0.25) is 0 Å². The lowest BCUT2D eigenvalue weighted by Crippen LogP contribution is -2.36. The molecular formula is C14H19NO3S. The maximum Gasteiger partial charge on any atom is 0.197 e. The molecule has 0 aliphatic carbocycles. The van der Waals surface area contributed by atoms with Gasteiger partial charge in [0.25, 0.3) is 0 Å². The highest BCUT2D eigenvalue weighted by Crippen LogP contribution is 2.27. The smallest absolute Gasteiger partial charge is 0.197 e. The van der Waals surface area contributed by atoms with Gasteiger partial charge >= 0.3 is 0 Å². The Hall–Kier alpha value is -1.33. The van der Waals surface area contributed by atoms with Crippen LogP contribution in [0.25, 0.3) is 11.2 Å². The molecule has 3 heterocycles. The van der Waals surface area contributed by atoms with E-state index in [1.54, 1.807) is 6.26 Å². The Kier molecular flexibility index (Phi) is 4.61. The summed E-state index contributed by atoms with van der Waals surface area (Å²) in [6.07, 6.45) is 1.67. The Balaban J connectivity index is 0.000000637. The second-order valence-electron chi connectivity index (χ2n) is 4.13.